The monoisotopic (exact) mass is 292 g/mol. The van der Waals surface area contributed by atoms with E-state index in [9.17, 15) is 8.42 Å². The summed E-state index contributed by atoms with van der Waals surface area (Å²) >= 11 is 0. The van der Waals surface area contributed by atoms with E-state index in [1.54, 1.807) is 7.05 Å². The van der Waals surface area contributed by atoms with Crippen molar-refractivity contribution in [1.29, 1.82) is 0 Å². The number of benzene rings is 1. The number of hydrogen-bond acceptors (Lipinski definition) is 3. The van der Waals surface area contributed by atoms with Gasteiger partial charge in [-0.2, -0.15) is 0 Å². The van der Waals surface area contributed by atoms with Gasteiger partial charge in [0.25, 0.3) is 0 Å². The first-order chi connectivity index (χ1) is 8.06. The van der Waals surface area contributed by atoms with Gasteiger partial charge in [0.1, 0.15) is 0 Å². The molecular weight excluding hydrogens is 272 g/mol. The van der Waals surface area contributed by atoms with Crippen molar-refractivity contribution in [2.24, 2.45) is 0 Å². The lowest BCUT2D eigenvalue weighted by Gasteiger charge is -2.16. The number of sulfonamides is 1. The minimum absolute atomic E-state index is 0. The fraction of sp³-hybridized carbons (Fsp3) is 0.500. The number of hydrogen-bond donors (Lipinski definition) is 1. The number of rotatable bonds is 7. The van der Waals surface area contributed by atoms with Gasteiger partial charge < -0.3 is 5.32 Å². The molecule has 1 aromatic carbocycles. The second-order valence-corrected chi connectivity index (χ2v) is 6.17. The van der Waals surface area contributed by atoms with Crippen LogP contribution in [-0.4, -0.2) is 45.7 Å². The zero-order chi connectivity index (χ0) is 12.7. The van der Waals surface area contributed by atoms with E-state index in [4.69, 9.17) is 0 Å². The highest BCUT2D eigenvalue weighted by molar-refractivity contribution is 7.89. The number of likely N-dealkylation sites (N-methyl/N-ethyl adjacent to an activating group) is 2. The van der Waals surface area contributed by atoms with E-state index >= 15 is 0 Å². The van der Waals surface area contributed by atoms with Crippen molar-refractivity contribution in [3.63, 3.8) is 0 Å². The van der Waals surface area contributed by atoms with E-state index in [0.717, 1.165) is 5.56 Å². The first-order valence-electron chi connectivity index (χ1n) is 5.69. The molecule has 0 fully saturated rings. The second-order valence-electron chi connectivity index (χ2n) is 3.98. The first kappa shape index (κ1) is 17.4. The van der Waals surface area contributed by atoms with Crippen LogP contribution in [0.15, 0.2) is 30.3 Å². The topological polar surface area (TPSA) is 49.4 Å². The third-order valence-electron chi connectivity index (χ3n) is 2.64. The van der Waals surface area contributed by atoms with E-state index in [1.165, 1.54) is 4.31 Å². The SMILES string of the molecule is CNCCN(C)S(=O)(=O)CCc1ccccc1.Cl. The maximum absolute atomic E-state index is 11.9. The molecule has 0 aliphatic carbocycles. The molecule has 0 saturated carbocycles. The first-order valence-corrected chi connectivity index (χ1v) is 7.29. The number of aryl methyl sites for hydroxylation is 1. The van der Waals surface area contributed by atoms with Crippen LogP contribution in [0.25, 0.3) is 0 Å². The summed E-state index contributed by atoms with van der Waals surface area (Å²) in [6, 6.07) is 9.67. The molecule has 1 aromatic rings. The molecule has 0 radical (unpaired) electrons. The molecule has 0 unspecified atom stereocenters. The summed E-state index contributed by atoms with van der Waals surface area (Å²) < 4.78 is 25.2. The summed E-state index contributed by atoms with van der Waals surface area (Å²) in [5, 5.41) is 2.94. The van der Waals surface area contributed by atoms with Gasteiger partial charge in [0, 0.05) is 20.1 Å². The van der Waals surface area contributed by atoms with E-state index in [-0.39, 0.29) is 18.2 Å². The van der Waals surface area contributed by atoms with Gasteiger partial charge >= 0.3 is 0 Å². The Bertz CT molecular complexity index is 423. The molecular formula is C12H21ClN2O2S. The van der Waals surface area contributed by atoms with Crippen LogP contribution in [0, 0.1) is 0 Å². The summed E-state index contributed by atoms with van der Waals surface area (Å²) in [6.45, 7) is 1.18. The molecule has 18 heavy (non-hydrogen) atoms. The summed E-state index contributed by atoms with van der Waals surface area (Å²) in [5.41, 5.74) is 1.05. The molecule has 1 rings (SSSR count). The number of nitrogens with one attached hydrogen (secondary N) is 1. The van der Waals surface area contributed by atoms with Crippen molar-refractivity contribution in [2.45, 2.75) is 6.42 Å². The van der Waals surface area contributed by atoms with Gasteiger partial charge in [-0.05, 0) is 19.0 Å². The Balaban J connectivity index is 0.00000289. The normalized spacial score (nSPS) is 11.3. The van der Waals surface area contributed by atoms with E-state index in [0.29, 0.717) is 19.5 Å². The quantitative estimate of drug-likeness (QED) is 0.820. The predicted octanol–water partition coefficient (Wildman–Crippen LogP) is 1.13. The van der Waals surface area contributed by atoms with Gasteiger partial charge in [0.15, 0.2) is 0 Å². The lowest BCUT2D eigenvalue weighted by atomic mass is 10.2. The summed E-state index contributed by atoms with van der Waals surface area (Å²) in [5.74, 6) is 0.164. The molecule has 0 aliphatic rings. The third kappa shape index (κ3) is 5.82. The Labute approximate surface area is 116 Å². The summed E-state index contributed by atoms with van der Waals surface area (Å²) in [6.07, 6.45) is 0.563. The minimum atomic E-state index is -3.14. The van der Waals surface area contributed by atoms with E-state index < -0.39 is 10.0 Å². The van der Waals surface area contributed by atoms with Crippen LogP contribution in [0.5, 0.6) is 0 Å². The molecule has 0 heterocycles. The lowest BCUT2D eigenvalue weighted by Crippen LogP contribution is -2.34. The van der Waals surface area contributed by atoms with Crippen LogP contribution < -0.4 is 5.32 Å². The van der Waals surface area contributed by atoms with Crippen LogP contribution in [0.4, 0.5) is 0 Å². The fourth-order valence-corrected chi connectivity index (χ4v) is 2.63. The highest BCUT2D eigenvalue weighted by Crippen LogP contribution is 2.04. The Morgan fingerprint density at radius 1 is 1.22 bits per heavy atom. The van der Waals surface area contributed by atoms with Crippen molar-refractivity contribution in [3.8, 4) is 0 Å². The van der Waals surface area contributed by atoms with Gasteiger partial charge in [0.05, 0.1) is 5.75 Å². The van der Waals surface area contributed by atoms with Crippen molar-refractivity contribution >= 4 is 22.4 Å². The van der Waals surface area contributed by atoms with Gasteiger partial charge in [-0.25, -0.2) is 12.7 Å². The van der Waals surface area contributed by atoms with Crippen LogP contribution in [-0.2, 0) is 16.4 Å². The largest absolute Gasteiger partial charge is 0.318 e. The van der Waals surface area contributed by atoms with Crippen molar-refractivity contribution in [1.82, 2.24) is 9.62 Å². The van der Waals surface area contributed by atoms with Crippen LogP contribution in [0.3, 0.4) is 0 Å². The fourth-order valence-electron chi connectivity index (χ4n) is 1.46. The Morgan fingerprint density at radius 2 is 1.83 bits per heavy atom. The highest BCUT2D eigenvalue weighted by Gasteiger charge is 2.16. The molecule has 0 atom stereocenters. The number of nitrogens with zero attached hydrogens (tertiary/aromatic N) is 1. The van der Waals surface area contributed by atoms with Gasteiger partial charge in [0.2, 0.25) is 10.0 Å². The average Bonchev–Trinajstić information content (AvgIpc) is 2.35. The maximum atomic E-state index is 11.9. The molecule has 0 saturated heterocycles. The molecule has 0 bridgehead atoms. The zero-order valence-corrected chi connectivity index (χ0v) is 12.4. The van der Waals surface area contributed by atoms with Crippen molar-refractivity contribution < 1.29 is 8.42 Å². The van der Waals surface area contributed by atoms with Crippen LogP contribution in [0.1, 0.15) is 5.56 Å². The molecule has 6 heteroatoms. The molecule has 104 valence electrons. The van der Waals surface area contributed by atoms with Crippen molar-refractivity contribution in [3.05, 3.63) is 35.9 Å². The zero-order valence-electron chi connectivity index (χ0n) is 10.8. The Kier molecular flexibility index (Phi) is 8.18. The molecule has 1 N–H and O–H groups in total. The van der Waals surface area contributed by atoms with Crippen LogP contribution in [0.2, 0.25) is 0 Å². The van der Waals surface area contributed by atoms with E-state index in [1.807, 2.05) is 37.4 Å². The van der Waals surface area contributed by atoms with E-state index in [2.05, 4.69) is 5.32 Å². The standard InChI is InChI=1S/C12H20N2O2S.ClH/c1-13-9-10-14(2)17(15,16)11-8-12-6-4-3-5-7-12;/h3-7,13H,8-11H2,1-2H3;1H. The molecule has 0 spiro atoms. The molecule has 0 aromatic heterocycles. The Morgan fingerprint density at radius 3 is 2.39 bits per heavy atom. The molecule has 4 nitrogen and oxygen atoms in total. The number of halogens is 1. The summed E-state index contributed by atoms with van der Waals surface area (Å²) in [7, 11) is 0.295. The minimum Gasteiger partial charge on any atom is -0.318 e. The molecule has 0 aliphatic heterocycles. The van der Waals surface area contributed by atoms with Crippen LogP contribution >= 0.6 is 12.4 Å². The predicted molar refractivity (Wildman–Crippen MR) is 77.7 cm³/mol. The highest BCUT2D eigenvalue weighted by atomic mass is 35.5. The lowest BCUT2D eigenvalue weighted by molar-refractivity contribution is 0.466. The van der Waals surface area contributed by atoms with Gasteiger partial charge in [-0.3, -0.25) is 0 Å². The van der Waals surface area contributed by atoms with Crippen molar-refractivity contribution in [2.75, 3.05) is 32.9 Å². The third-order valence-corrected chi connectivity index (χ3v) is 4.50. The van der Waals surface area contributed by atoms with Gasteiger partial charge in [-0.1, -0.05) is 30.3 Å². The maximum Gasteiger partial charge on any atom is 0.214 e. The Hall–Kier alpha value is -0.620. The smallest absolute Gasteiger partial charge is 0.214 e. The second kappa shape index (κ2) is 8.48. The molecule has 0 amide bonds. The average molecular weight is 293 g/mol. The summed E-state index contributed by atoms with van der Waals surface area (Å²) in [4.78, 5) is 0. The van der Waals surface area contributed by atoms with Gasteiger partial charge in [-0.15, -0.1) is 12.4 Å².